The van der Waals surface area contributed by atoms with E-state index in [1.807, 2.05) is 6.07 Å². The van der Waals surface area contributed by atoms with E-state index in [-0.39, 0.29) is 0 Å². The lowest BCUT2D eigenvalue weighted by Gasteiger charge is -1.98. The zero-order valence-electron chi connectivity index (χ0n) is 7.91. The summed E-state index contributed by atoms with van der Waals surface area (Å²) >= 11 is 18.1. The number of thiazole rings is 1. The predicted octanol–water partition coefficient (Wildman–Crippen LogP) is 3.75. The normalized spacial score (nSPS) is 10.4. The number of aromatic nitrogens is 1. The van der Waals surface area contributed by atoms with Crippen molar-refractivity contribution < 1.29 is 0 Å². The van der Waals surface area contributed by atoms with Crippen LogP contribution < -0.4 is 5.73 Å². The lowest BCUT2D eigenvalue weighted by atomic mass is 10.2. The quantitative estimate of drug-likeness (QED) is 0.856. The second-order valence-electron chi connectivity index (χ2n) is 3.02. The number of hydrogen-bond acceptors (Lipinski definition) is 3. The van der Waals surface area contributed by atoms with Crippen LogP contribution in [-0.4, -0.2) is 9.97 Å². The van der Waals surface area contributed by atoms with Crippen molar-refractivity contribution in [3.8, 4) is 10.6 Å². The largest absolute Gasteiger partial charge is 0.389 e. The predicted molar refractivity (Wildman–Crippen MR) is 73.5 cm³/mol. The van der Waals surface area contributed by atoms with Gasteiger partial charge < -0.3 is 5.73 Å². The van der Waals surface area contributed by atoms with Crippen LogP contribution in [0.2, 0.25) is 10.0 Å². The van der Waals surface area contributed by atoms with E-state index in [2.05, 4.69) is 4.98 Å². The van der Waals surface area contributed by atoms with Crippen LogP contribution in [0.3, 0.4) is 0 Å². The van der Waals surface area contributed by atoms with Gasteiger partial charge in [0.25, 0.3) is 0 Å². The fourth-order valence-corrected chi connectivity index (χ4v) is 2.39. The molecule has 0 aliphatic carbocycles. The number of halogens is 2. The Morgan fingerprint density at radius 3 is 2.62 bits per heavy atom. The Bertz CT molecular complexity index is 552. The summed E-state index contributed by atoms with van der Waals surface area (Å²) in [5, 5.41) is 1.85. The van der Waals surface area contributed by atoms with Crippen LogP contribution >= 0.6 is 46.8 Å². The summed E-state index contributed by atoms with van der Waals surface area (Å²) in [7, 11) is 0. The van der Waals surface area contributed by atoms with E-state index >= 15 is 0 Å². The van der Waals surface area contributed by atoms with E-state index in [0.29, 0.717) is 15.0 Å². The van der Waals surface area contributed by atoms with Crippen molar-refractivity contribution in [2.75, 3.05) is 0 Å². The lowest BCUT2D eigenvalue weighted by molar-refractivity contribution is 1.41. The maximum absolute atomic E-state index is 5.93. The number of benzene rings is 1. The van der Waals surface area contributed by atoms with Crippen molar-refractivity contribution in [3.05, 3.63) is 39.3 Å². The van der Waals surface area contributed by atoms with Crippen molar-refractivity contribution in [1.29, 1.82) is 0 Å². The molecule has 82 valence electrons. The maximum Gasteiger partial charge on any atom is 0.124 e. The van der Waals surface area contributed by atoms with Gasteiger partial charge in [0.15, 0.2) is 0 Å². The van der Waals surface area contributed by atoms with Crippen LogP contribution in [-0.2, 0) is 0 Å². The van der Waals surface area contributed by atoms with Crippen LogP contribution in [0.5, 0.6) is 0 Å². The molecule has 0 atom stereocenters. The molecule has 0 saturated heterocycles. The highest BCUT2D eigenvalue weighted by molar-refractivity contribution is 7.81. The van der Waals surface area contributed by atoms with Gasteiger partial charge in [0.05, 0.1) is 14.9 Å². The number of nitrogens with zero attached hydrogens (tertiary/aromatic N) is 1. The molecule has 16 heavy (non-hydrogen) atoms. The molecule has 2 rings (SSSR count). The second-order valence-corrected chi connectivity index (χ2v) is 5.31. The number of thiocarbonyl (C=S) groups is 1. The average molecular weight is 289 g/mol. The van der Waals surface area contributed by atoms with Crippen LogP contribution in [0.1, 0.15) is 4.88 Å². The van der Waals surface area contributed by atoms with Crippen molar-refractivity contribution in [2.24, 2.45) is 5.73 Å². The molecule has 2 N–H and O–H groups in total. The Morgan fingerprint density at radius 2 is 2.06 bits per heavy atom. The molecule has 1 heterocycles. The smallest absolute Gasteiger partial charge is 0.124 e. The third-order valence-corrected chi connectivity index (χ3v) is 4.08. The SMILES string of the molecule is NC(=S)c1cnc(-c2ccc(Cl)c(Cl)c2)s1. The Kier molecular flexibility index (Phi) is 3.44. The summed E-state index contributed by atoms with van der Waals surface area (Å²) in [4.78, 5) is 5.37. The summed E-state index contributed by atoms with van der Waals surface area (Å²) in [6.45, 7) is 0. The highest BCUT2D eigenvalue weighted by atomic mass is 35.5. The van der Waals surface area contributed by atoms with E-state index in [4.69, 9.17) is 41.2 Å². The monoisotopic (exact) mass is 288 g/mol. The molecule has 0 radical (unpaired) electrons. The summed E-state index contributed by atoms with van der Waals surface area (Å²) < 4.78 is 0. The van der Waals surface area contributed by atoms with Crippen molar-refractivity contribution in [3.63, 3.8) is 0 Å². The average Bonchev–Trinajstić information content (AvgIpc) is 2.71. The van der Waals surface area contributed by atoms with E-state index in [0.717, 1.165) is 15.4 Å². The first-order chi connectivity index (χ1) is 7.58. The van der Waals surface area contributed by atoms with E-state index in [1.54, 1.807) is 18.3 Å². The topological polar surface area (TPSA) is 38.9 Å². The second kappa shape index (κ2) is 4.67. The highest BCUT2D eigenvalue weighted by Crippen LogP contribution is 2.30. The zero-order valence-corrected chi connectivity index (χ0v) is 11.1. The summed E-state index contributed by atoms with van der Waals surface area (Å²) in [6, 6.07) is 5.36. The van der Waals surface area contributed by atoms with Gasteiger partial charge in [-0.2, -0.15) is 0 Å². The molecule has 0 fully saturated rings. The fourth-order valence-electron chi connectivity index (χ4n) is 1.15. The molecule has 2 nitrogen and oxygen atoms in total. The molecule has 0 saturated carbocycles. The fraction of sp³-hybridized carbons (Fsp3) is 0. The minimum atomic E-state index is 0.351. The summed E-state index contributed by atoms with van der Waals surface area (Å²) in [5.74, 6) is 0. The third-order valence-electron chi connectivity index (χ3n) is 1.92. The summed E-state index contributed by atoms with van der Waals surface area (Å²) in [5.41, 5.74) is 6.42. The number of rotatable bonds is 2. The van der Waals surface area contributed by atoms with Gasteiger partial charge >= 0.3 is 0 Å². The molecule has 2 aromatic rings. The molecule has 0 spiro atoms. The van der Waals surface area contributed by atoms with Crippen LogP contribution in [0.15, 0.2) is 24.4 Å². The van der Waals surface area contributed by atoms with Crippen LogP contribution in [0.25, 0.3) is 10.6 Å². The number of hydrogen-bond donors (Lipinski definition) is 1. The van der Waals surface area contributed by atoms with Gasteiger partial charge in [-0.05, 0) is 12.1 Å². The van der Waals surface area contributed by atoms with Crippen LogP contribution in [0, 0.1) is 0 Å². The third kappa shape index (κ3) is 2.35. The lowest BCUT2D eigenvalue weighted by Crippen LogP contribution is -2.06. The van der Waals surface area contributed by atoms with Crippen molar-refractivity contribution in [1.82, 2.24) is 4.98 Å². The molecular formula is C10H6Cl2N2S2. The Labute approximate surface area is 112 Å². The molecule has 0 aliphatic rings. The van der Waals surface area contributed by atoms with Gasteiger partial charge in [0.1, 0.15) is 10.00 Å². The van der Waals surface area contributed by atoms with Crippen molar-refractivity contribution in [2.45, 2.75) is 0 Å². The maximum atomic E-state index is 5.93. The number of nitrogens with two attached hydrogens (primary N) is 1. The van der Waals surface area contributed by atoms with Gasteiger partial charge in [-0.1, -0.05) is 41.5 Å². The van der Waals surface area contributed by atoms with Crippen LogP contribution in [0.4, 0.5) is 0 Å². The van der Waals surface area contributed by atoms with Gasteiger partial charge in [0, 0.05) is 11.8 Å². The van der Waals surface area contributed by atoms with Gasteiger partial charge in [-0.25, -0.2) is 4.98 Å². The first-order valence-corrected chi connectivity index (χ1v) is 6.27. The molecule has 1 aromatic heterocycles. The first-order valence-electron chi connectivity index (χ1n) is 4.29. The first kappa shape index (κ1) is 11.8. The molecule has 0 amide bonds. The summed E-state index contributed by atoms with van der Waals surface area (Å²) in [6.07, 6.45) is 1.66. The van der Waals surface area contributed by atoms with Gasteiger partial charge in [-0.15, -0.1) is 11.3 Å². The standard InChI is InChI=1S/C10H6Cl2N2S2/c11-6-2-1-5(3-7(6)12)10-14-4-8(16-10)9(13)15/h1-4H,(H2,13,15). The van der Waals surface area contributed by atoms with E-state index in [1.165, 1.54) is 11.3 Å². The minimum absolute atomic E-state index is 0.351. The van der Waals surface area contributed by atoms with Crippen molar-refractivity contribution >= 4 is 51.7 Å². The molecule has 6 heteroatoms. The Morgan fingerprint density at radius 1 is 1.31 bits per heavy atom. The minimum Gasteiger partial charge on any atom is -0.389 e. The molecular weight excluding hydrogens is 283 g/mol. The molecule has 0 bridgehead atoms. The van der Waals surface area contributed by atoms with E-state index < -0.39 is 0 Å². The molecule has 1 aromatic carbocycles. The van der Waals surface area contributed by atoms with E-state index in [9.17, 15) is 0 Å². The van der Waals surface area contributed by atoms with Gasteiger partial charge in [0.2, 0.25) is 0 Å². The molecule has 0 unspecified atom stereocenters. The Balaban J connectivity index is 2.42. The van der Waals surface area contributed by atoms with Gasteiger partial charge in [-0.3, -0.25) is 0 Å². The Hall–Kier alpha value is -0.680. The highest BCUT2D eigenvalue weighted by Gasteiger charge is 2.08. The molecule has 0 aliphatic heterocycles. The zero-order chi connectivity index (χ0) is 11.7.